The average Bonchev–Trinajstić information content (AvgIpc) is 4.04. The Kier molecular flexibility index (Phi) is 8.45. The summed E-state index contributed by atoms with van der Waals surface area (Å²) < 4.78 is 10.6. The molecule has 8 nitrogen and oxygen atoms in total. The van der Waals surface area contributed by atoms with Gasteiger partial charge in [-0.1, -0.05) is 24.3 Å². The Morgan fingerprint density at radius 2 is 0.815 bits per heavy atom. The van der Waals surface area contributed by atoms with Gasteiger partial charge < -0.3 is 30.1 Å². The zero-order valence-electron chi connectivity index (χ0n) is 29.7. The molecule has 2 aliphatic rings. The van der Waals surface area contributed by atoms with Crippen molar-refractivity contribution in [1.82, 2.24) is 19.9 Å². The first kappa shape index (κ1) is 32.6. The highest BCUT2D eigenvalue weighted by atomic mass is 16.5. The fourth-order valence-corrected chi connectivity index (χ4v) is 6.80. The molecule has 4 aromatic carbocycles. The summed E-state index contributed by atoms with van der Waals surface area (Å²) in [5, 5.41) is 6.96. The molecular formula is C46H36N6O2. The van der Waals surface area contributed by atoms with E-state index < -0.39 is 0 Å². The van der Waals surface area contributed by atoms with Crippen LogP contribution < -0.4 is 20.1 Å². The fourth-order valence-electron chi connectivity index (χ4n) is 6.80. The number of nitrogens with zero attached hydrogens (tertiary/aromatic N) is 2. The highest BCUT2D eigenvalue weighted by Gasteiger charge is 2.15. The molecule has 0 fully saturated rings. The Morgan fingerprint density at radius 1 is 0.426 bits per heavy atom. The van der Waals surface area contributed by atoms with Crippen LogP contribution in [0.3, 0.4) is 0 Å². The minimum absolute atomic E-state index is 0.822. The van der Waals surface area contributed by atoms with Gasteiger partial charge in [-0.25, -0.2) is 9.97 Å². The number of hydrogen-bond donors (Lipinski definition) is 4. The maximum atomic E-state index is 5.30. The number of rotatable bonds is 8. The van der Waals surface area contributed by atoms with Crippen molar-refractivity contribution in [2.24, 2.45) is 0 Å². The van der Waals surface area contributed by atoms with E-state index in [1.54, 1.807) is 14.2 Å². The van der Waals surface area contributed by atoms with E-state index in [0.717, 1.165) is 101 Å². The summed E-state index contributed by atoms with van der Waals surface area (Å²) in [5.41, 5.74) is 15.4. The summed E-state index contributed by atoms with van der Waals surface area (Å²) in [7, 11) is 3.34. The molecule has 0 saturated heterocycles. The quantitative estimate of drug-likeness (QED) is 0.126. The minimum Gasteiger partial charge on any atom is -0.497 e. The number of hydrogen-bond acceptors (Lipinski definition) is 6. The molecule has 3 aromatic heterocycles. The molecule has 5 heterocycles. The maximum Gasteiger partial charge on any atom is 0.119 e. The van der Waals surface area contributed by atoms with Crippen LogP contribution >= 0.6 is 0 Å². The molecular weight excluding hydrogens is 669 g/mol. The van der Waals surface area contributed by atoms with Crippen LogP contribution in [0.25, 0.3) is 68.6 Å². The Balaban J connectivity index is 1.11. The molecule has 0 saturated carbocycles. The molecule has 4 N–H and O–H groups in total. The molecule has 0 radical (unpaired) electrons. The molecule has 0 unspecified atom stereocenters. The first-order valence-electron chi connectivity index (χ1n) is 17.7. The maximum absolute atomic E-state index is 5.30. The second-order valence-corrected chi connectivity index (χ2v) is 13.1. The van der Waals surface area contributed by atoms with Crippen molar-refractivity contribution < 1.29 is 9.47 Å². The number of benzene rings is 4. The SMILES string of the molecule is COc1ccc(Nc2ccc(-c3c4nc(cc5ccc([nH]5)c(-c5ccc(Nc6ccc(OC)cc6)cc5)c5ccc(cc6nc3C=C6)[nH]5)C=C4)cc2)cc1. The van der Waals surface area contributed by atoms with E-state index in [0.29, 0.717) is 0 Å². The lowest BCUT2D eigenvalue weighted by Crippen LogP contribution is -1.92. The van der Waals surface area contributed by atoms with Crippen LogP contribution in [-0.4, -0.2) is 34.2 Å². The zero-order valence-corrected chi connectivity index (χ0v) is 29.7. The Bertz CT molecular complexity index is 2610. The predicted molar refractivity (Wildman–Crippen MR) is 222 cm³/mol. The van der Waals surface area contributed by atoms with Crippen LogP contribution in [0.15, 0.2) is 133 Å². The molecule has 9 rings (SSSR count). The van der Waals surface area contributed by atoms with E-state index >= 15 is 0 Å². The first-order chi connectivity index (χ1) is 26.6. The van der Waals surface area contributed by atoms with E-state index in [-0.39, 0.29) is 0 Å². The lowest BCUT2D eigenvalue weighted by Gasteiger charge is -2.10. The van der Waals surface area contributed by atoms with E-state index in [9.17, 15) is 0 Å². The topological polar surface area (TPSA) is 99.9 Å². The number of nitrogens with one attached hydrogen (secondary N) is 4. The summed E-state index contributed by atoms with van der Waals surface area (Å²) in [6, 6.07) is 45.3. The van der Waals surface area contributed by atoms with Gasteiger partial charge in [-0.05, 0) is 145 Å². The van der Waals surface area contributed by atoms with Crippen LogP contribution in [0.2, 0.25) is 0 Å². The lowest BCUT2D eigenvalue weighted by atomic mass is 10.0. The van der Waals surface area contributed by atoms with Crippen molar-refractivity contribution in [1.29, 1.82) is 0 Å². The van der Waals surface area contributed by atoms with Crippen molar-refractivity contribution >= 4 is 69.1 Å². The normalized spacial score (nSPS) is 11.7. The summed E-state index contributed by atoms with van der Waals surface area (Å²) in [6.07, 6.45) is 8.25. The van der Waals surface area contributed by atoms with Gasteiger partial charge in [0.15, 0.2) is 0 Å². The van der Waals surface area contributed by atoms with Gasteiger partial charge in [0.2, 0.25) is 0 Å². The van der Waals surface area contributed by atoms with Crippen LogP contribution in [0.4, 0.5) is 22.7 Å². The van der Waals surface area contributed by atoms with Gasteiger partial charge in [-0.2, -0.15) is 0 Å². The third-order valence-corrected chi connectivity index (χ3v) is 9.50. The van der Waals surface area contributed by atoms with Gasteiger partial charge >= 0.3 is 0 Å². The van der Waals surface area contributed by atoms with Crippen molar-refractivity contribution in [3.63, 3.8) is 0 Å². The number of methoxy groups -OCH3 is 2. The van der Waals surface area contributed by atoms with Gasteiger partial charge in [0.1, 0.15) is 11.5 Å². The van der Waals surface area contributed by atoms with E-state index in [2.05, 4.69) is 130 Å². The smallest absolute Gasteiger partial charge is 0.119 e. The second-order valence-electron chi connectivity index (χ2n) is 13.1. The van der Waals surface area contributed by atoms with E-state index in [1.165, 1.54) is 0 Å². The largest absolute Gasteiger partial charge is 0.497 e. The molecule has 2 aliphatic heterocycles. The van der Waals surface area contributed by atoms with Gasteiger partial charge in [0.05, 0.1) is 37.0 Å². The predicted octanol–water partition coefficient (Wildman–Crippen LogP) is 11.5. The molecule has 8 heteroatoms. The first-order valence-corrected chi connectivity index (χ1v) is 17.7. The highest BCUT2D eigenvalue weighted by molar-refractivity contribution is 5.95. The number of fused-ring (bicyclic) bond motifs is 8. The molecule has 7 aromatic rings. The summed E-state index contributed by atoms with van der Waals surface area (Å²) >= 11 is 0. The average molecular weight is 705 g/mol. The Morgan fingerprint density at radius 3 is 1.22 bits per heavy atom. The van der Waals surface area contributed by atoms with Crippen molar-refractivity contribution in [2.45, 2.75) is 0 Å². The van der Waals surface area contributed by atoms with Crippen molar-refractivity contribution in [3.8, 4) is 33.8 Å². The molecule has 54 heavy (non-hydrogen) atoms. The van der Waals surface area contributed by atoms with Gasteiger partial charge in [-0.3, -0.25) is 0 Å². The number of aromatic nitrogens is 4. The molecule has 0 spiro atoms. The second kappa shape index (κ2) is 14.0. The number of H-pyrrole nitrogens is 2. The number of aromatic amines is 2. The number of ether oxygens (including phenoxy) is 2. The van der Waals surface area contributed by atoms with Crippen molar-refractivity contribution in [3.05, 3.63) is 156 Å². The van der Waals surface area contributed by atoms with E-state index in [4.69, 9.17) is 19.4 Å². The third kappa shape index (κ3) is 6.71. The Hall–Kier alpha value is -7.32. The molecule has 8 bridgehead atoms. The zero-order chi connectivity index (χ0) is 36.4. The monoisotopic (exact) mass is 704 g/mol. The molecule has 262 valence electrons. The lowest BCUT2D eigenvalue weighted by molar-refractivity contribution is 0.415. The van der Waals surface area contributed by atoms with Crippen LogP contribution in [0.1, 0.15) is 22.8 Å². The third-order valence-electron chi connectivity index (χ3n) is 9.50. The summed E-state index contributed by atoms with van der Waals surface area (Å²) in [4.78, 5) is 17.5. The minimum atomic E-state index is 0.822. The van der Waals surface area contributed by atoms with Gasteiger partial charge in [0.25, 0.3) is 0 Å². The van der Waals surface area contributed by atoms with Crippen molar-refractivity contribution in [2.75, 3.05) is 24.9 Å². The van der Waals surface area contributed by atoms with Gasteiger partial charge in [0, 0.05) is 55.9 Å². The number of anilines is 4. The molecule has 0 amide bonds. The van der Waals surface area contributed by atoms with Crippen LogP contribution in [0, 0.1) is 0 Å². The van der Waals surface area contributed by atoms with Gasteiger partial charge in [-0.15, -0.1) is 0 Å². The molecule has 0 aliphatic carbocycles. The highest BCUT2D eigenvalue weighted by Crippen LogP contribution is 2.34. The standard InChI is InChI=1S/C46H36N6O2/c1-53-39-19-11-33(12-20-39)47-31-7-3-29(4-8-31)45-41-23-15-35(49-41)27-37-17-25-43(51-37)46(44-26-18-38(52-44)28-36-16-24-42(45)50-36)30-5-9-32(10-6-30)48-34-13-21-40(54-2)22-14-34/h3-28,47-50H,1-2H3. The molecule has 0 atom stereocenters. The van der Waals surface area contributed by atoms with Crippen LogP contribution in [0.5, 0.6) is 11.5 Å². The summed E-state index contributed by atoms with van der Waals surface area (Å²) in [6.45, 7) is 0. The van der Waals surface area contributed by atoms with E-state index in [1.807, 2.05) is 48.5 Å². The Labute approximate surface area is 312 Å². The summed E-state index contributed by atoms with van der Waals surface area (Å²) in [5.74, 6) is 1.65. The van der Waals surface area contributed by atoms with Crippen LogP contribution in [-0.2, 0) is 0 Å². The fraction of sp³-hybridized carbons (Fsp3) is 0.0435.